The molecular weight excluding hydrogens is 380 g/mol. The van der Waals surface area contributed by atoms with E-state index in [-0.39, 0.29) is 5.92 Å². The van der Waals surface area contributed by atoms with E-state index in [4.69, 9.17) is 10.1 Å². The van der Waals surface area contributed by atoms with Gasteiger partial charge in [-0.25, -0.2) is 9.78 Å². The number of aromatic nitrogens is 5. The lowest BCUT2D eigenvalue weighted by atomic mass is 9.96. The first-order valence-corrected chi connectivity index (χ1v) is 10.0. The SMILES string of the molecule is Cc1cc(-c2ccc3nc(C4CCN(C(=O)O)CC4)nnc3c2)cc2cn(C)nc12. The van der Waals surface area contributed by atoms with Crippen molar-refractivity contribution in [1.82, 2.24) is 29.9 Å². The molecular formula is C22H22N6O2. The van der Waals surface area contributed by atoms with Crippen molar-refractivity contribution in [1.29, 1.82) is 0 Å². The van der Waals surface area contributed by atoms with Crippen LogP contribution in [0.15, 0.2) is 36.5 Å². The van der Waals surface area contributed by atoms with Crippen molar-refractivity contribution in [3.05, 3.63) is 47.9 Å². The molecule has 8 nitrogen and oxygen atoms in total. The Bertz CT molecular complexity index is 1270. The molecule has 3 heterocycles. The fraction of sp³-hybridized carbons (Fsp3) is 0.318. The van der Waals surface area contributed by atoms with Crippen LogP contribution in [0, 0.1) is 6.92 Å². The van der Waals surface area contributed by atoms with Crippen molar-refractivity contribution in [3.63, 3.8) is 0 Å². The number of aryl methyl sites for hydroxylation is 2. The van der Waals surface area contributed by atoms with Gasteiger partial charge in [0.2, 0.25) is 0 Å². The molecule has 4 aromatic rings. The van der Waals surface area contributed by atoms with Crippen LogP contribution < -0.4 is 0 Å². The maximum Gasteiger partial charge on any atom is 0.407 e. The average Bonchev–Trinajstić information content (AvgIpc) is 3.14. The molecule has 2 aromatic carbocycles. The summed E-state index contributed by atoms with van der Waals surface area (Å²) in [4.78, 5) is 17.3. The van der Waals surface area contributed by atoms with E-state index in [1.54, 1.807) is 0 Å². The number of rotatable bonds is 2. The zero-order valence-electron chi connectivity index (χ0n) is 16.9. The largest absolute Gasteiger partial charge is 0.465 e. The standard InChI is InChI=1S/C22H22N6O2/c1-13-9-16(10-17-12-27(2)26-20(13)17)15-3-4-18-19(11-15)24-25-21(23-18)14-5-7-28(8-6-14)22(29)30/h3-4,9-12,14H,5-8H2,1-2H3,(H,29,30). The van der Waals surface area contributed by atoms with Gasteiger partial charge in [0.05, 0.1) is 11.0 Å². The molecule has 0 bridgehead atoms. The molecule has 1 N–H and O–H groups in total. The van der Waals surface area contributed by atoms with Gasteiger partial charge in [0.1, 0.15) is 5.52 Å². The molecule has 1 saturated heterocycles. The van der Waals surface area contributed by atoms with E-state index in [1.807, 2.05) is 30.1 Å². The summed E-state index contributed by atoms with van der Waals surface area (Å²) >= 11 is 0. The first-order valence-electron chi connectivity index (χ1n) is 10.0. The number of carboxylic acid groups (broad SMARTS) is 1. The van der Waals surface area contributed by atoms with Crippen molar-refractivity contribution in [2.75, 3.05) is 13.1 Å². The van der Waals surface area contributed by atoms with Gasteiger partial charge in [0.15, 0.2) is 5.82 Å². The Morgan fingerprint density at radius 1 is 1.07 bits per heavy atom. The second-order valence-electron chi connectivity index (χ2n) is 7.95. The summed E-state index contributed by atoms with van der Waals surface area (Å²) in [6.07, 6.45) is 2.61. The molecule has 152 valence electrons. The fourth-order valence-electron chi connectivity index (χ4n) is 4.23. The van der Waals surface area contributed by atoms with Crippen molar-refractivity contribution < 1.29 is 9.90 Å². The van der Waals surface area contributed by atoms with E-state index in [1.165, 1.54) is 4.90 Å². The number of amides is 1. The lowest BCUT2D eigenvalue weighted by Crippen LogP contribution is -2.37. The number of likely N-dealkylation sites (tertiary alicyclic amines) is 1. The molecule has 8 heteroatoms. The molecule has 0 atom stereocenters. The summed E-state index contributed by atoms with van der Waals surface area (Å²) in [7, 11) is 1.93. The molecule has 30 heavy (non-hydrogen) atoms. The first-order chi connectivity index (χ1) is 14.5. The third kappa shape index (κ3) is 3.24. The second kappa shape index (κ2) is 7.05. The summed E-state index contributed by atoms with van der Waals surface area (Å²) in [6.45, 7) is 3.09. The summed E-state index contributed by atoms with van der Waals surface area (Å²) in [5.74, 6) is 0.848. The van der Waals surface area contributed by atoms with E-state index in [2.05, 4.69) is 40.4 Å². The minimum atomic E-state index is -0.863. The first kappa shape index (κ1) is 18.5. The highest BCUT2D eigenvalue weighted by Crippen LogP contribution is 2.30. The number of nitrogens with zero attached hydrogens (tertiary/aromatic N) is 6. The third-order valence-electron chi connectivity index (χ3n) is 5.85. The van der Waals surface area contributed by atoms with Crippen LogP contribution in [-0.2, 0) is 7.05 Å². The maximum atomic E-state index is 11.1. The molecule has 0 radical (unpaired) electrons. The summed E-state index contributed by atoms with van der Waals surface area (Å²) in [5, 5.41) is 23.5. The molecule has 1 aliphatic heterocycles. The van der Waals surface area contributed by atoms with Crippen molar-refractivity contribution in [2.24, 2.45) is 7.05 Å². The Kier molecular flexibility index (Phi) is 4.34. The lowest BCUT2D eigenvalue weighted by molar-refractivity contribution is 0.131. The van der Waals surface area contributed by atoms with Gasteiger partial charge in [-0.2, -0.15) is 5.10 Å². The number of fused-ring (bicyclic) bond motifs is 2. The highest BCUT2D eigenvalue weighted by molar-refractivity contribution is 5.89. The van der Waals surface area contributed by atoms with Gasteiger partial charge in [0, 0.05) is 37.6 Å². The van der Waals surface area contributed by atoms with Crippen LogP contribution in [0.3, 0.4) is 0 Å². The van der Waals surface area contributed by atoms with Gasteiger partial charge in [-0.15, -0.1) is 10.2 Å². The maximum absolute atomic E-state index is 11.1. The minimum Gasteiger partial charge on any atom is -0.465 e. The number of hydrogen-bond donors (Lipinski definition) is 1. The van der Waals surface area contributed by atoms with Gasteiger partial charge in [-0.05, 0) is 60.7 Å². The predicted molar refractivity (Wildman–Crippen MR) is 113 cm³/mol. The average molecular weight is 402 g/mol. The molecule has 1 amide bonds. The molecule has 2 aromatic heterocycles. The van der Waals surface area contributed by atoms with Gasteiger partial charge in [-0.1, -0.05) is 6.07 Å². The second-order valence-corrected chi connectivity index (χ2v) is 7.95. The molecule has 0 unspecified atom stereocenters. The van der Waals surface area contributed by atoms with Gasteiger partial charge in [-0.3, -0.25) is 4.68 Å². The third-order valence-corrected chi connectivity index (χ3v) is 5.85. The van der Waals surface area contributed by atoms with Crippen LogP contribution in [0.25, 0.3) is 33.1 Å². The van der Waals surface area contributed by atoms with Crippen LogP contribution in [0.2, 0.25) is 0 Å². The Morgan fingerprint density at radius 2 is 1.87 bits per heavy atom. The molecule has 5 rings (SSSR count). The highest BCUT2D eigenvalue weighted by atomic mass is 16.4. The minimum absolute atomic E-state index is 0.146. The Labute approximate surface area is 173 Å². The number of hydrogen-bond acceptors (Lipinski definition) is 5. The number of piperidine rings is 1. The summed E-state index contributed by atoms with van der Waals surface area (Å²) in [6, 6.07) is 10.3. The van der Waals surface area contributed by atoms with E-state index >= 15 is 0 Å². The topological polar surface area (TPSA) is 97.0 Å². The van der Waals surface area contributed by atoms with Crippen LogP contribution in [-0.4, -0.2) is 54.2 Å². The zero-order chi connectivity index (χ0) is 20.8. The summed E-state index contributed by atoms with van der Waals surface area (Å²) < 4.78 is 1.83. The van der Waals surface area contributed by atoms with Gasteiger partial charge < -0.3 is 10.0 Å². The van der Waals surface area contributed by atoms with Crippen molar-refractivity contribution in [3.8, 4) is 11.1 Å². The van der Waals surface area contributed by atoms with Gasteiger partial charge >= 0.3 is 6.09 Å². The molecule has 0 spiro atoms. The van der Waals surface area contributed by atoms with E-state index in [0.29, 0.717) is 18.9 Å². The highest BCUT2D eigenvalue weighted by Gasteiger charge is 2.25. The molecule has 1 aliphatic rings. The quantitative estimate of drug-likeness (QED) is 0.549. The fourth-order valence-corrected chi connectivity index (χ4v) is 4.23. The Hall–Kier alpha value is -3.55. The molecule has 0 saturated carbocycles. The summed E-state index contributed by atoms with van der Waals surface area (Å²) in [5.41, 5.74) is 5.89. The van der Waals surface area contributed by atoms with Crippen LogP contribution >= 0.6 is 0 Å². The van der Waals surface area contributed by atoms with E-state index in [0.717, 1.165) is 51.5 Å². The van der Waals surface area contributed by atoms with E-state index in [9.17, 15) is 4.79 Å². The number of benzene rings is 2. The van der Waals surface area contributed by atoms with Crippen LogP contribution in [0.4, 0.5) is 4.79 Å². The zero-order valence-corrected chi connectivity index (χ0v) is 16.9. The molecule has 1 fully saturated rings. The predicted octanol–water partition coefficient (Wildman–Crippen LogP) is 3.74. The van der Waals surface area contributed by atoms with Crippen LogP contribution in [0.1, 0.15) is 30.1 Å². The smallest absolute Gasteiger partial charge is 0.407 e. The normalized spacial score (nSPS) is 15.2. The van der Waals surface area contributed by atoms with Gasteiger partial charge in [0.25, 0.3) is 0 Å². The Morgan fingerprint density at radius 3 is 2.63 bits per heavy atom. The Balaban J connectivity index is 1.45. The van der Waals surface area contributed by atoms with Crippen molar-refractivity contribution in [2.45, 2.75) is 25.7 Å². The monoisotopic (exact) mass is 402 g/mol. The van der Waals surface area contributed by atoms with Crippen LogP contribution in [0.5, 0.6) is 0 Å². The number of carbonyl (C=O) groups is 1. The molecule has 0 aliphatic carbocycles. The van der Waals surface area contributed by atoms with E-state index < -0.39 is 6.09 Å². The van der Waals surface area contributed by atoms with Crippen molar-refractivity contribution >= 4 is 28.0 Å². The lowest BCUT2D eigenvalue weighted by Gasteiger charge is -2.28.